The average Bonchev–Trinajstić information content (AvgIpc) is 3.96. The third-order valence-corrected chi connectivity index (χ3v) is 12.5. The smallest absolute Gasteiger partial charge is 0.159 e. The lowest BCUT2D eigenvalue weighted by molar-refractivity contribution is 0.666. The lowest BCUT2D eigenvalue weighted by Crippen LogP contribution is -2.33. The first-order valence-electron chi connectivity index (χ1n) is 19.2. The molecule has 3 aromatic heterocycles. The van der Waals surface area contributed by atoms with E-state index < -0.39 is 0 Å². The summed E-state index contributed by atoms with van der Waals surface area (Å²) in [6.45, 7) is 0. The van der Waals surface area contributed by atoms with Gasteiger partial charge in [-0.1, -0.05) is 146 Å². The van der Waals surface area contributed by atoms with Crippen molar-refractivity contribution in [3.8, 4) is 16.8 Å². The Balaban J connectivity index is 0.999. The summed E-state index contributed by atoms with van der Waals surface area (Å²) in [7, 11) is 0. The van der Waals surface area contributed by atoms with Crippen LogP contribution in [0.3, 0.4) is 0 Å². The molecule has 6 heteroatoms. The molecule has 268 valence electrons. The van der Waals surface area contributed by atoms with Crippen LogP contribution in [0.4, 0.5) is 0 Å². The quantitative estimate of drug-likeness (QED) is 0.191. The largest absolute Gasteiger partial charge is 0.454 e. The Morgan fingerprint density at radius 3 is 2.00 bits per heavy atom. The molecule has 0 saturated carbocycles. The van der Waals surface area contributed by atoms with Crippen LogP contribution in [0.15, 0.2) is 196 Å². The molecule has 8 aromatic carbocycles. The maximum Gasteiger partial charge on any atom is 0.159 e. The number of nitrogens with one attached hydrogen (secondary N) is 1. The number of rotatable bonds is 5. The van der Waals surface area contributed by atoms with Crippen LogP contribution >= 0.6 is 11.3 Å². The van der Waals surface area contributed by atoms with Gasteiger partial charge in [-0.05, 0) is 47.5 Å². The van der Waals surface area contributed by atoms with E-state index in [1.165, 1.54) is 36.5 Å². The highest BCUT2D eigenvalue weighted by molar-refractivity contribution is 7.26. The van der Waals surface area contributed by atoms with E-state index in [2.05, 4.69) is 155 Å². The fourth-order valence-corrected chi connectivity index (χ4v) is 9.97. The van der Waals surface area contributed by atoms with Gasteiger partial charge in [0.05, 0.1) is 16.7 Å². The number of fused-ring (bicyclic) bond motifs is 9. The first-order chi connectivity index (χ1) is 28.3. The second kappa shape index (κ2) is 12.6. The Bertz CT molecular complexity index is 3390. The maximum absolute atomic E-state index is 6.89. The number of para-hydroxylation sites is 3. The van der Waals surface area contributed by atoms with Gasteiger partial charge in [0, 0.05) is 58.4 Å². The zero-order valence-corrected chi connectivity index (χ0v) is 31.4. The fourth-order valence-electron chi connectivity index (χ4n) is 8.70. The molecule has 0 fully saturated rings. The first-order valence-corrected chi connectivity index (χ1v) is 20.0. The minimum Gasteiger partial charge on any atom is -0.454 e. The van der Waals surface area contributed by atoms with Crippen LogP contribution in [0.2, 0.25) is 0 Å². The molecular formula is C51H32N4OS. The number of hydrogen-bond acceptors (Lipinski definition) is 5. The molecule has 57 heavy (non-hydrogen) atoms. The van der Waals surface area contributed by atoms with Gasteiger partial charge in [0.15, 0.2) is 11.4 Å². The van der Waals surface area contributed by atoms with Crippen LogP contribution in [0.25, 0.3) is 80.7 Å². The standard InChI is InChI=1S/C51H32N4OS/c1-3-14-31(15-4-1)49-52-50(32-16-5-2-6-17-32)54-51(53-49)40-23-11-22-39-46-34(20-13-27-45(46)57-48(39)40)33-28-29-37-38-21-12-26-43(47(38)56-44(37)30-33)55-41-24-9-7-18-35(41)36-19-8-10-25-42(36)55/h1-30,51H,(H,52,53,54). The molecule has 0 radical (unpaired) electrons. The van der Waals surface area contributed by atoms with Crippen LogP contribution < -0.4 is 5.32 Å². The molecule has 1 unspecified atom stereocenters. The lowest BCUT2D eigenvalue weighted by Gasteiger charge is -2.24. The summed E-state index contributed by atoms with van der Waals surface area (Å²) in [6.07, 6.45) is -0.316. The number of benzene rings is 8. The minimum atomic E-state index is -0.316. The summed E-state index contributed by atoms with van der Waals surface area (Å²) in [5.41, 5.74) is 10.6. The van der Waals surface area contributed by atoms with Crippen molar-refractivity contribution in [1.29, 1.82) is 0 Å². The summed E-state index contributed by atoms with van der Waals surface area (Å²) >= 11 is 1.82. The molecule has 0 saturated heterocycles. The SMILES string of the molecule is c1ccc(C2=NC(c3cccc4c3sc3cccc(-c5ccc6c(c5)oc5c(-n7c8ccccc8c8ccccc87)cccc56)c34)NC(c3ccccc3)=N2)cc1. The average molecular weight is 749 g/mol. The highest BCUT2D eigenvalue weighted by Crippen LogP contribution is 2.45. The van der Waals surface area contributed by atoms with Gasteiger partial charge >= 0.3 is 0 Å². The monoisotopic (exact) mass is 748 g/mol. The molecule has 1 aliphatic heterocycles. The highest BCUT2D eigenvalue weighted by Gasteiger charge is 2.25. The van der Waals surface area contributed by atoms with E-state index in [-0.39, 0.29) is 6.17 Å². The number of amidine groups is 2. The molecule has 11 aromatic rings. The first kappa shape index (κ1) is 32.0. The van der Waals surface area contributed by atoms with Crippen LogP contribution in [0.5, 0.6) is 0 Å². The Hall–Kier alpha value is -7.28. The number of thiophene rings is 1. The summed E-state index contributed by atoms with van der Waals surface area (Å²) < 4.78 is 11.7. The van der Waals surface area contributed by atoms with Crippen molar-refractivity contribution in [2.45, 2.75) is 6.17 Å². The Kier molecular flexibility index (Phi) is 7.09. The number of aromatic nitrogens is 1. The molecule has 1 atom stereocenters. The van der Waals surface area contributed by atoms with Crippen molar-refractivity contribution in [2.24, 2.45) is 9.98 Å². The van der Waals surface area contributed by atoms with Crippen molar-refractivity contribution in [3.63, 3.8) is 0 Å². The van der Waals surface area contributed by atoms with E-state index in [1.807, 2.05) is 47.7 Å². The summed E-state index contributed by atoms with van der Waals surface area (Å²) in [6, 6.07) is 64.2. The Labute approximate surface area is 331 Å². The maximum atomic E-state index is 6.89. The zero-order valence-electron chi connectivity index (χ0n) is 30.6. The third-order valence-electron chi connectivity index (χ3n) is 11.3. The molecule has 1 N–H and O–H groups in total. The van der Waals surface area contributed by atoms with E-state index in [4.69, 9.17) is 14.4 Å². The number of aliphatic imine (C=N–C) groups is 2. The normalized spacial score (nSPS) is 14.5. The number of hydrogen-bond donors (Lipinski definition) is 1. The molecule has 0 bridgehead atoms. The predicted octanol–water partition coefficient (Wildman–Crippen LogP) is 13.2. The Morgan fingerprint density at radius 2 is 1.21 bits per heavy atom. The minimum absolute atomic E-state index is 0.316. The zero-order chi connectivity index (χ0) is 37.5. The van der Waals surface area contributed by atoms with Gasteiger partial charge in [0.25, 0.3) is 0 Å². The van der Waals surface area contributed by atoms with E-state index in [9.17, 15) is 0 Å². The van der Waals surface area contributed by atoms with Crippen LogP contribution in [0, 0.1) is 0 Å². The highest BCUT2D eigenvalue weighted by atomic mass is 32.1. The van der Waals surface area contributed by atoms with Gasteiger partial charge in [0.1, 0.15) is 17.6 Å². The second-order valence-corrected chi connectivity index (χ2v) is 15.6. The molecule has 12 rings (SSSR count). The van der Waals surface area contributed by atoms with Gasteiger partial charge < -0.3 is 14.3 Å². The van der Waals surface area contributed by atoms with Gasteiger partial charge in [-0.25, -0.2) is 9.98 Å². The van der Waals surface area contributed by atoms with Crippen molar-refractivity contribution in [3.05, 3.63) is 199 Å². The number of furan rings is 1. The second-order valence-electron chi connectivity index (χ2n) is 14.5. The molecule has 1 aliphatic rings. The van der Waals surface area contributed by atoms with Gasteiger partial charge in [0.2, 0.25) is 0 Å². The summed E-state index contributed by atoms with van der Waals surface area (Å²) in [5.74, 6) is 1.53. The molecule has 4 heterocycles. The van der Waals surface area contributed by atoms with Crippen molar-refractivity contribution in [1.82, 2.24) is 9.88 Å². The molecular weight excluding hydrogens is 717 g/mol. The topological polar surface area (TPSA) is 54.8 Å². The summed E-state index contributed by atoms with van der Waals surface area (Å²) in [4.78, 5) is 10.2. The van der Waals surface area contributed by atoms with Crippen LogP contribution in [-0.4, -0.2) is 16.2 Å². The number of nitrogens with zero attached hydrogens (tertiary/aromatic N) is 3. The van der Waals surface area contributed by atoms with E-state index >= 15 is 0 Å². The van der Waals surface area contributed by atoms with Crippen LogP contribution in [-0.2, 0) is 0 Å². The van der Waals surface area contributed by atoms with E-state index in [0.717, 1.165) is 72.6 Å². The fraction of sp³-hybridized carbons (Fsp3) is 0.0196. The van der Waals surface area contributed by atoms with E-state index in [0.29, 0.717) is 0 Å². The summed E-state index contributed by atoms with van der Waals surface area (Å²) in [5, 5.41) is 10.8. The molecule has 0 spiro atoms. The van der Waals surface area contributed by atoms with Crippen molar-refractivity contribution < 1.29 is 4.42 Å². The Morgan fingerprint density at radius 1 is 0.544 bits per heavy atom. The van der Waals surface area contributed by atoms with Crippen molar-refractivity contribution in [2.75, 3.05) is 0 Å². The van der Waals surface area contributed by atoms with Crippen molar-refractivity contribution >= 4 is 86.9 Å². The lowest BCUT2D eigenvalue weighted by atomic mass is 9.97. The molecule has 0 amide bonds. The van der Waals surface area contributed by atoms with Crippen LogP contribution in [0.1, 0.15) is 22.9 Å². The van der Waals surface area contributed by atoms with Gasteiger partial charge in [-0.2, -0.15) is 0 Å². The van der Waals surface area contributed by atoms with Gasteiger partial charge in [-0.15, -0.1) is 11.3 Å². The van der Waals surface area contributed by atoms with Gasteiger partial charge in [-0.3, -0.25) is 0 Å². The molecule has 0 aliphatic carbocycles. The predicted molar refractivity (Wildman–Crippen MR) is 238 cm³/mol. The van der Waals surface area contributed by atoms with E-state index in [1.54, 1.807) is 0 Å². The third kappa shape index (κ3) is 5.01. The molecule has 5 nitrogen and oxygen atoms in total.